The molecule has 1 aromatic heterocycles. The highest BCUT2D eigenvalue weighted by Gasteiger charge is 2.30. The van der Waals surface area contributed by atoms with E-state index in [1.54, 1.807) is 11.2 Å². The van der Waals surface area contributed by atoms with E-state index < -0.39 is 10.0 Å². The number of ketones is 1. The van der Waals surface area contributed by atoms with Crippen molar-refractivity contribution < 1.29 is 22.4 Å². The van der Waals surface area contributed by atoms with Gasteiger partial charge in [0.25, 0.3) is 0 Å². The highest BCUT2D eigenvalue weighted by molar-refractivity contribution is 7.89. The third-order valence-electron chi connectivity index (χ3n) is 5.20. The van der Waals surface area contributed by atoms with Crippen molar-refractivity contribution in [2.24, 2.45) is 0 Å². The van der Waals surface area contributed by atoms with Gasteiger partial charge < -0.3 is 14.6 Å². The maximum Gasteiger partial charge on any atom is 0.317 e. The van der Waals surface area contributed by atoms with E-state index in [2.05, 4.69) is 5.32 Å². The molecule has 1 aliphatic rings. The number of rotatable bonds is 7. The molecule has 162 valence electrons. The van der Waals surface area contributed by atoms with Gasteiger partial charge in [0.15, 0.2) is 5.78 Å². The number of nitrogens with zero attached hydrogens (tertiary/aromatic N) is 2. The van der Waals surface area contributed by atoms with Gasteiger partial charge in [-0.1, -0.05) is 12.1 Å². The van der Waals surface area contributed by atoms with Crippen LogP contribution in [0.15, 0.2) is 52.0 Å². The van der Waals surface area contributed by atoms with E-state index in [1.807, 2.05) is 19.1 Å². The average molecular weight is 434 g/mol. The van der Waals surface area contributed by atoms with Crippen LogP contribution in [-0.4, -0.2) is 61.7 Å². The summed E-state index contributed by atoms with van der Waals surface area (Å²) >= 11 is 0. The first kappa shape index (κ1) is 22.0. The molecule has 0 radical (unpaired) electrons. The molecule has 2 heterocycles. The maximum atomic E-state index is 12.8. The van der Waals surface area contributed by atoms with Crippen molar-refractivity contribution in [2.75, 3.05) is 26.2 Å². The van der Waals surface area contributed by atoms with Crippen LogP contribution in [0.4, 0.5) is 4.79 Å². The van der Waals surface area contributed by atoms with Gasteiger partial charge in [0.05, 0.1) is 11.2 Å². The molecule has 0 saturated carbocycles. The van der Waals surface area contributed by atoms with Crippen LogP contribution in [0.1, 0.15) is 36.4 Å². The number of sulfonamides is 1. The second-order valence-corrected chi connectivity index (χ2v) is 9.38. The second-order valence-electron chi connectivity index (χ2n) is 7.44. The molecular formula is C21H27N3O5S. The summed E-state index contributed by atoms with van der Waals surface area (Å²) in [5.41, 5.74) is 0.469. The fourth-order valence-corrected chi connectivity index (χ4v) is 4.75. The van der Waals surface area contributed by atoms with Crippen LogP contribution < -0.4 is 5.32 Å². The molecule has 1 saturated heterocycles. The van der Waals surface area contributed by atoms with E-state index in [-0.39, 0.29) is 35.8 Å². The van der Waals surface area contributed by atoms with Crippen molar-refractivity contribution in [1.29, 1.82) is 0 Å². The molecule has 1 fully saturated rings. The summed E-state index contributed by atoms with van der Waals surface area (Å²) in [5.74, 6) is 0.767. The fraction of sp³-hybridized carbons (Fsp3) is 0.429. The number of urea groups is 1. The van der Waals surface area contributed by atoms with E-state index >= 15 is 0 Å². The zero-order valence-corrected chi connectivity index (χ0v) is 18.0. The molecule has 0 spiro atoms. The van der Waals surface area contributed by atoms with Gasteiger partial charge in [-0.05, 0) is 44.5 Å². The van der Waals surface area contributed by atoms with E-state index in [0.29, 0.717) is 18.7 Å². The molecule has 30 heavy (non-hydrogen) atoms. The van der Waals surface area contributed by atoms with Crippen LogP contribution in [0.5, 0.6) is 0 Å². The molecule has 2 amide bonds. The van der Waals surface area contributed by atoms with Crippen LogP contribution >= 0.6 is 0 Å². The van der Waals surface area contributed by atoms with Crippen molar-refractivity contribution >= 4 is 21.8 Å². The first-order valence-electron chi connectivity index (χ1n) is 9.96. The average Bonchev–Trinajstić information content (AvgIpc) is 3.26. The zero-order valence-electron chi connectivity index (χ0n) is 17.2. The summed E-state index contributed by atoms with van der Waals surface area (Å²) in [6.45, 7) is 4.47. The first-order valence-corrected chi connectivity index (χ1v) is 11.4. The van der Waals surface area contributed by atoms with Crippen LogP contribution in [0.3, 0.4) is 0 Å². The van der Waals surface area contributed by atoms with E-state index in [1.165, 1.54) is 35.5 Å². The van der Waals surface area contributed by atoms with Gasteiger partial charge >= 0.3 is 6.03 Å². The summed E-state index contributed by atoms with van der Waals surface area (Å²) < 4.78 is 32.3. The Hall–Kier alpha value is -2.65. The van der Waals surface area contributed by atoms with E-state index in [9.17, 15) is 18.0 Å². The topological polar surface area (TPSA) is 99.9 Å². The quantitative estimate of drug-likeness (QED) is 0.677. The third-order valence-corrected chi connectivity index (χ3v) is 7.11. The molecule has 0 bridgehead atoms. The molecular weight excluding hydrogens is 406 g/mol. The summed E-state index contributed by atoms with van der Waals surface area (Å²) in [5, 5.41) is 2.96. The van der Waals surface area contributed by atoms with Crippen LogP contribution in [-0.2, 0) is 16.4 Å². The lowest BCUT2D eigenvalue weighted by molar-refractivity contribution is 0.101. The molecule has 1 unspecified atom stereocenters. The maximum absolute atomic E-state index is 12.8. The van der Waals surface area contributed by atoms with Gasteiger partial charge in [-0.2, -0.15) is 4.31 Å². The van der Waals surface area contributed by atoms with Crippen molar-refractivity contribution in [1.82, 2.24) is 14.5 Å². The monoisotopic (exact) mass is 433 g/mol. The van der Waals surface area contributed by atoms with Gasteiger partial charge in [0, 0.05) is 44.2 Å². The Labute approximate surface area is 176 Å². The lowest BCUT2D eigenvalue weighted by Crippen LogP contribution is -2.54. The minimum Gasteiger partial charge on any atom is -0.469 e. The van der Waals surface area contributed by atoms with Gasteiger partial charge in [0.2, 0.25) is 10.0 Å². The predicted octanol–water partition coefficient (Wildman–Crippen LogP) is 2.52. The Morgan fingerprint density at radius 1 is 1.10 bits per heavy atom. The number of hydrogen-bond donors (Lipinski definition) is 1. The molecule has 2 aromatic rings. The molecule has 1 N–H and O–H groups in total. The fourth-order valence-electron chi connectivity index (χ4n) is 3.33. The molecule has 1 aliphatic heterocycles. The molecule has 1 atom stereocenters. The van der Waals surface area contributed by atoms with Gasteiger partial charge in [-0.3, -0.25) is 4.79 Å². The van der Waals surface area contributed by atoms with Crippen molar-refractivity contribution in [3.63, 3.8) is 0 Å². The van der Waals surface area contributed by atoms with Crippen LogP contribution in [0.2, 0.25) is 0 Å². The Balaban J connectivity index is 1.50. The summed E-state index contributed by atoms with van der Waals surface area (Å²) in [6, 6.07) is 9.46. The molecule has 1 aromatic carbocycles. The zero-order chi connectivity index (χ0) is 21.7. The van der Waals surface area contributed by atoms with Gasteiger partial charge in [-0.15, -0.1) is 0 Å². The summed E-state index contributed by atoms with van der Waals surface area (Å²) in [6.07, 6.45) is 3.12. The summed E-state index contributed by atoms with van der Waals surface area (Å²) in [7, 11) is -3.66. The first-order chi connectivity index (χ1) is 14.3. The van der Waals surface area contributed by atoms with Crippen LogP contribution in [0.25, 0.3) is 0 Å². The van der Waals surface area contributed by atoms with E-state index in [0.717, 1.165) is 18.6 Å². The number of aryl methyl sites for hydroxylation is 1. The predicted molar refractivity (Wildman–Crippen MR) is 112 cm³/mol. The Bertz CT molecular complexity index is 963. The lowest BCUT2D eigenvalue weighted by atomic mass is 10.1. The minimum atomic E-state index is -3.66. The number of benzene rings is 1. The number of amides is 2. The number of piperazine rings is 1. The second kappa shape index (κ2) is 9.44. The molecule has 3 rings (SSSR count). The normalized spacial score (nSPS) is 16.3. The minimum absolute atomic E-state index is 0.0239. The largest absolute Gasteiger partial charge is 0.469 e. The smallest absolute Gasteiger partial charge is 0.317 e. The number of nitrogens with one attached hydrogen (secondary N) is 1. The SMILES string of the molecule is CC(=O)c1ccc(S(=O)(=O)N2CCN(C(=O)NC(C)CCc3ccco3)CC2)cc1. The van der Waals surface area contributed by atoms with Crippen molar-refractivity contribution in [2.45, 2.75) is 37.6 Å². The van der Waals surface area contributed by atoms with Gasteiger partial charge in [-0.25, -0.2) is 13.2 Å². The summed E-state index contributed by atoms with van der Waals surface area (Å²) in [4.78, 5) is 25.6. The Morgan fingerprint density at radius 2 is 1.77 bits per heavy atom. The third kappa shape index (κ3) is 5.28. The molecule has 0 aliphatic carbocycles. The molecule has 8 nitrogen and oxygen atoms in total. The van der Waals surface area contributed by atoms with Crippen molar-refractivity contribution in [3.8, 4) is 0 Å². The van der Waals surface area contributed by atoms with Gasteiger partial charge in [0.1, 0.15) is 5.76 Å². The number of furan rings is 1. The highest BCUT2D eigenvalue weighted by Crippen LogP contribution is 2.19. The highest BCUT2D eigenvalue weighted by atomic mass is 32.2. The standard InChI is InChI=1S/C21H27N3O5S/c1-16(5-8-19-4-3-15-29-19)22-21(26)23-11-13-24(14-12-23)30(27,28)20-9-6-18(7-10-20)17(2)25/h3-4,6-7,9-10,15-16H,5,8,11-14H2,1-2H3,(H,22,26). The van der Waals surface area contributed by atoms with E-state index in [4.69, 9.17) is 4.42 Å². The number of carbonyl (C=O) groups excluding carboxylic acids is 2. The lowest BCUT2D eigenvalue weighted by Gasteiger charge is -2.34. The Morgan fingerprint density at radius 3 is 2.33 bits per heavy atom. The molecule has 9 heteroatoms. The number of Topliss-reactive ketones (excluding diaryl/α,β-unsaturated/α-hetero) is 1. The van der Waals surface area contributed by atoms with Crippen LogP contribution in [0, 0.1) is 0 Å². The Kier molecular flexibility index (Phi) is 6.94. The number of hydrogen-bond acceptors (Lipinski definition) is 5. The van der Waals surface area contributed by atoms with Crippen molar-refractivity contribution in [3.05, 3.63) is 54.0 Å². The number of carbonyl (C=O) groups is 2.